The SMILES string of the molecule is CCCCCCc1cc(CCCCCC)c(C)c(CCCCCC)c1.Cc1ccccc1. The first-order chi connectivity index (χ1) is 15.6. The Hall–Kier alpha value is -1.56. The van der Waals surface area contributed by atoms with E-state index in [0.29, 0.717) is 0 Å². The summed E-state index contributed by atoms with van der Waals surface area (Å²) in [7, 11) is 0. The molecule has 2 aromatic carbocycles. The molecule has 0 aliphatic carbocycles. The average molecular weight is 437 g/mol. The number of aryl methyl sites for hydroxylation is 4. The maximum atomic E-state index is 2.54. The second-order valence-electron chi connectivity index (χ2n) is 9.63. The Labute approximate surface area is 201 Å². The van der Waals surface area contributed by atoms with E-state index in [1.807, 2.05) is 18.2 Å². The van der Waals surface area contributed by atoms with Gasteiger partial charge in [0, 0.05) is 0 Å². The molecule has 0 nitrogen and oxygen atoms in total. The van der Waals surface area contributed by atoms with Crippen LogP contribution in [0.15, 0.2) is 42.5 Å². The summed E-state index contributed by atoms with van der Waals surface area (Å²) in [5, 5.41) is 0. The number of rotatable bonds is 15. The van der Waals surface area contributed by atoms with E-state index in [9.17, 15) is 0 Å². The highest BCUT2D eigenvalue weighted by Crippen LogP contribution is 2.23. The van der Waals surface area contributed by atoms with Crippen LogP contribution in [0.4, 0.5) is 0 Å². The smallest absolute Gasteiger partial charge is 0.0276 e. The number of hydrogen-bond donors (Lipinski definition) is 0. The van der Waals surface area contributed by atoms with Gasteiger partial charge in [0.2, 0.25) is 0 Å². The zero-order chi connectivity index (χ0) is 23.4. The van der Waals surface area contributed by atoms with Crippen molar-refractivity contribution in [3.05, 3.63) is 70.3 Å². The monoisotopic (exact) mass is 436 g/mol. The Kier molecular flexibility index (Phi) is 16.9. The highest BCUT2D eigenvalue weighted by molar-refractivity contribution is 5.39. The molecule has 2 aromatic rings. The molecular formula is C32H52. The van der Waals surface area contributed by atoms with Gasteiger partial charge in [-0.05, 0) is 74.6 Å². The molecule has 0 heteroatoms. The molecule has 0 aliphatic heterocycles. The fraction of sp³-hybridized carbons (Fsp3) is 0.625. The molecule has 0 bridgehead atoms. The van der Waals surface area contributed by atoms with Crippen molar-refractivity contribution in [3.8, 4) is 0 Å². The second kappa shape index (κ2) is 19.0. The maximum absolute atomic E-state index is 2.54. The third kappa shape index (κ3) is 13.1. The Morgan fingerprint density at radius 1 is 0.500 bits per heavy atom. The Morgan fingerprint density at radius 2 is 0.938 bits per heavy atom. The van der Waals surface area contributed by atoms with E-state index in [1.165, 1.54) is 102 Å². The summed E-state index contributed by atoms with van der Waals surface area (Å²) in [6.45, 7) is 11.4. The van der Waals surface area contributed by atoms with Gasteiger partial charge in [-0.1, -0.05) is 127 Å². The molecule has 0 saturated carbocycles. The fourth-order valence-corrected chi connectivity index (χ4v) is 4.35. The normalized spacial score (nSPS) is 10.7. The van der Waals surface area contributed by atoms with Gasteiger partial charge >= 0.3 is 0 Å². The van der Waals surface area contributed by atoms with Crippen LogP contribution in [-0.4, -0.2) is 0 Å². The predicted octanol–water partition coefficient (Wildman–Crippen LogP) is 10.4. The first-order valence-electron chi connectivity index (χ1n) is 13.7. The Morgan fingerprint density at radius 3 is 1.31 bits per heavy atom. The van der Waals surface area contributed by atoms with Crippen LogP contribution in [0.2, 0.25) is 0 Å². The van der Waals surface area contributed by atoms with Crippen molar-refractivity contribution in [2.24, 2.45) is 0 Å². The van der Waals surface area contributed by atoms with Crippen LogP contribution in [0.1, 0.15) is 126 Å². The lowest BCUT2D eigenvalue weighted by atomic mass is 9.90. The largest absolute Gasteiger partial charge is 0.0654 e. The van der Waals surface area contributed by atoms with Crippen molar-refractivity contribution in [2.45, 2.75) is 131 Å². The summed E-state index contributed by atoms with van der Waals surface area (Å²) in [6, 6.07) is 15.4. The fourth-order valence-electron chi connectivity index (χ4n) is 4.35. The lowest BCUT2D eigenvalue weighted by Gasteiger charge is -2.15. The van der Waals surface area contributed by atoms with E-state index in [-0.39, 0.29) is 0 Å². The first-order valence-corrected chi connectivity index (χ1v) is 13.7. The van der Waals surface area contributed by atoms with E-state index in [4.69, 9.17) is 0 Å². The molecule has 0 N–H and O–H groups in total. The summed E-state index contributed by atoms with van der Waals surface area (Å²) in [6.07, 6.45) is 20.3. The van der Waals surface area contributed by atoms with Crippen molar-refractivity contribution in [1.29, 1.82) is 0 Å². The molecule has 180 valence electrons. The van der Waals surface area contributed by atoms with Gasteiger partial charge in [0.1, 0.15) is 0 Å². The minimum atomic E-state index is 1.28. The van der Waals surface area contributed by atoms with Gasteiger partial charge < -0.3 is 0 Å². The molecule has 0 amide bonds. The van der Waals surface area contributed by atoms with Gasteiger partial charge in [0.25, 0.3) is 0 Å². The molecule has 0 radical (unpaired) electrons. The maximum Gasteiger partial charge on any atom is -0.0276 e. The average Bonchev–Trinajstić information content (AvgIpc) is 2.80. The molecule has 0 saturated heterocycles. The molecule has 32 heavy (non-hydrogen) atoms. The van der Waals surface area contributed by atoms with Gasteiger partial charge in [-0.15, -0.1) is 0 Å². The van der Waals surface area contributed by atoms with E-state index in [1.54, 1.807) is 22.3 Å². The lowest BCUT2D eigenvalue weighted by Crippen LogP contribution is -2.01. The predicted molar refractivity (Wildman–Crippen MR) is 146 cm³/mol. The van der Waals surface area contributed by atoms with E-state index >= 15 is 0 Å². The van der Waals surface area contributed by atoms with Crippen molar-refractivity contribution >= 4 is 0 Å². The Bertz CT molecular complexity index is 649. The topological polar surface area (TPSA) is 0 Å². The second-order valence-corrected chi connectivity index (χ2v) is 9.63. The van der Waals surface area contributed by atoms with Gasteiger partial charge in [-0.3, -0.25) is 0 Å². The van der Waals surface area contributed by atoms with Crippen molar-refractivity contribution in [2.75, 3.05) is 0 Å². The van der Waals surface area contributed by atoms with E-state index in [0.717, 1.165) is 0 Å². The Balaban J connectivity index is 0.000000616. The number of benzene rings is 2. The molecule has 0 spiro atoms. The molecule has 0 atom stereocenters. The van der Waals surface area contributed by atoms with Gasteiger partial charge in [-0.2, -0.15) is 0 Å². The van der Waals surface area contributed by atoms with Gasteiger partial charge in [0.05, 0.1) is 0 Å². The minimum Gasteiger partial charge on any atom is -0.0654 e. The zero-order valence-corrected chi connectivity index (χ0v) is 22.1. The third-order valence-electron chi connectivity index (χ3n) is 6.54. The molecule has 0 heterocycles. The van der Waals surface area contributed by atoms with Crippen molar-refractivity contribution < 1.29 is 0 Å². The third-order valence-corrected chi connectivity index (χ3v) is 6.54. The molecule has 0 unspecified atom stereocenters. The van der Waals surface area contributed by atoms with Crippen molar-refractivity contribution in [3.63, 3.8) is 0 Å². The van der Waals surface area contributed by atoms with Crippen LogP contribution in [0.25, 0.3) is 0 Å². The highest BCUT2D eigenvalue weighted by atomic mass is 14.1. The highest BCUT2D eigenvalue weighted by Gasteiger charge is 2.08. The standard InChI is InChI=1S/C25H44.C7H8/c1-5-8-11-14-17-23-20-24(18-15-12-9-6-2)22(4)25(21-23)19-16-13-10-7-3;1-7-5-3-2-4-6-7/h20-21H,5-19H2,1-4H3;2-6H,1H3. The summed E-state index contributed by atoms with van der Waals surface area (Å²) < 4.78 is 0. The summed E-state index contributed by atoms with van der Waals surface area (Å²) in [5.74, 6) is 0. The summed E-state index contributed by atoms with van der Waals surface area (Å²) in [5.41, 5.74) is 7.83. The van der Waals surface area contributed by atoms with E-state index in [2.05, 4.69) is 58.9 Å². The molecular weight excluding hydrogens is 384 g/mol. The van der Waals surface area contributed by atoms with Crippen LogP contribution in [0, 0.1) is 13.8 Å². The van der Waals surface area contributed by atoms with E-state index < -0.39 is 0 Å². The van der Waals surface area contributed by atoms with Crippen molar-refractivity contribution in [1.82, 2.24) is 0 Å². The van der Waals surface area contributed by atoms with Crippen LogP contribution < -0.4 is 0 Å². The molecule has 2 rings (SSSR count). The summed E-state index contributed by atoms with van der Waals surface area (Å²) >= 11 is 0. The van der Waals surface area contributed by atoms with Gasteiger partial charge in [-0.25, -0.2) is 0 Å². The molecule has 0 fully saturated rings. The molecule has 0 aromatic heterocycles. The van der Waals surface area contributed by atoms with Crippen LogP contribution in [0.3, 0.4) is 0 Å². The minimum absolute atomic E-state index is 1.28. The molecule has 0 aliphatic rings. The summed E-state index contributed by atoms with van der Waals surface area (Å²) in [4.78, 5) is 0. The lowest BCUT2D eigenvalue weighted by molar-refractivity contribution is 0.653. The first kappa shape index (κ1) is 28.5. The zero-order valence-electron chi connectivity index (χ0n) is 22.1. The van der Waals surface area contributed by atoms with Crippen LogP contribution in [0.5, 0.6) is 0 Å². The van der Waals surface area contributed by atoms with Gasteiger partial charge in [0.15, 0.2) is 0 Å². The quantitative estimate of drug-likeness (QED) is 0.243. The number of hydrogen-bond acceptors (Lipinski definition) is 0. The van der Waals surface area contributed by atoms with Crippen LogP contribution >= 0.6 is 0 Å². The van der Waals surface area contributed by atoms with Crippen LogP contribution in [-0.2, 0) is 19.3 Å². The number of unbranched alkanes of at least 4 members (excludes halogenated alkanes) is 9.